The molecule has 1 aliphatic heterocycles. The zero-order valence-corrected chi connectivity index (χ0v) is 16.9. The zero-order chi connectivity index (χ0) is 19.1. The minimum absolute atomic E-state index is 0.00845. The second kappa shape index (κ2) is 9.90. The Bertz CT molecular complexity index is 713. The quantitative estimate of drug-likeness (QED) is 0.719. The lowest BCUT2D eigenvalue weighted by molar-refractivity contribution is -0.121. The third kappa shape index (κ3) is 6.08. The number of hydrogen-bond acceptors (Lipinski definition) is 4. The molecule has 0 saturated carbocycles. The number of pyridine rings is 1. The van der Waals surface area contributed by atoms with Crippen LogP contribution in [0.1, 0.15) is 43.9 Å². The normalized spacial score (nSPS) is 16.3. The number of amides is 1. The van der Waals surface area contributed by atoms with Crippen molar-refractivity contribution in [2.24, 2.45) is 5.92 Å². The summed E-state index contributed by atoms with van der Waals surface area (Å²) >= 11 is 1.83. The lowest BCUT2D eigenvalue weighted by Crippen LogP contribution is -2.36. The van der Waals surface area contributed by atoms with Gasteiger partial charge in [-0.3, -0.25) is 9.78 Å². The topological polar surface area (TPSA) is 51.2 Å². The van der Waals surface area contributed by atoms with E-state index in [9.17, 15) is 4.79 Å². The zero-order valence-electron chi connectivity index (χ0n) is 16.1. The molecule has 1 atom stereocenters. The van der Waals surface area contributed by atoms with Gasteiger partial charge in [-0.1, -0.05) is 32.0 Å². The fourth-order valence-corrected chi connectivity index (χ4v) is 4.29. The first-order chi connectivity index (χ1) is 13.1. The number of nitrogens with one attached hydrogen (secondary N) is 1. The number of nitrogens with zero attached hydrogens (tertiary/aromatic N) is 1. The molecule has 1 amide bonds. The highest BCUT2D eigenvalue weighted by molar-refractivity contribution is 7.99. The number of ether oxygens (including phenoxy) is 1. The van der Waals surface area contributed by atoms with Crippen LogP contribution in [0.15, 0.2) is 53.7 Å². The minimum Gasteiger partial charge on any atom is -0.381 e. The third-order valence-corrected chi connectivity index (χ3v) is 5.77. The van der Waals surface area contributed by atoms with E-state index in [1.807, 2.05) is 30.1 Å². The molecule has 0 radical (unpaired) electrons. The first-order valence-corrected chi connectivity index (χ1v) is 10.5. The number of hydrogen-bond donors (Lipinski definition) is 1. The molecule has 4 nitrogen and oxygen atoms in total. The minimum atomic E-state index is -0.00845. The molecule has 0 bridgehead atoms. The van der Waals surface area contributed by atoms with Gasteiger partial charge in [-0.15, -0.1) is 11.8 Å². The maximum Gasteiger partial charge on any atom is 0.224 e. The Morgan fingerprint density at radius 3 is 2.59 bits per heavy atom. The van der Waals surface area contributed by atoms with Crippen LogP contribution < -0.4 is 5.32 Å². The molecule has 1 saturated heterocycles. The second-order valence-electron chi connectivity index (χ2n) is 7.27. The van der Waals surface area contributed by atoms with Crippen LogP contribution in [0.25, 0.3) is 0 Å². The first-order valence-electron chi connectivity index (χ1n) is 9.64. The fraction of sp³-hybridized carbons (Fsp3) is 0.455. The van der Waals surface area contributed by atoms with Gasteiger partial charge in [0.2, 0.25) is 5.91 Å². The van der Waals surface area contributed by atoms with Crippen molar-refractivity contribution in [3.8, 4) is 0 Å². The van der Waals surface area contributed by atoms with Crippen molar-refractivity contribution in [1.82, 2.24) is 10.3 Å². The van der Waals surface area contributed by atoms with Crippen LogP contribution in [-0.2, 0) is 16.0 Å². The Morgan fingerprint density at radius 1 is 1.22 bits per heavy atom. The Labute approximate surface area is 166 Å². The molecule has 0 aliphatic carbocycles. The van der Waals surface area contributed by atoms with Crippen molar-refractivity contribution in [2.45, 2.75) is 49.3 Å². The van der Waals surface area contributed by atoms with E-state index in [2.05, 4.69) is 48.4 Å². The molecule has 1 aliphatic rings. The van der Waals surface area contributed by atoms with E-state index in [0.29, 0.717) is 17.6 Å². The number of benzene rings is 1. The van der Waals surface area contributed by atoms with Crippen LogP contribution >= 0.6 is 11.8 Å². The monoisotopic (exact) mass is 384 g/mol. The van der Waals surface area contributed by atoms with Crippen molar-refractivity contribution in [3.63, 3.8) is 0 Å². The summed E-state index contributed by atoms with van der Waals surface area (Å²) in [6.07, 6.45) is 5.94. The predicted molar refractivity (Wildman–Crippen MR) is 110 cm³/mol. The molecule has 1 aromatic carbocycles. The van der Waals surface area contributed by atoms with Crippen LogP contribution in [0.4, 0.5) is 0 Å². The van der Waals surface area contributed by atoms with Gasteiger partial charge in [0.05, 0.1) is 12.5 Å². The van der Waals surface area contributed by atoms with Crippen molar-refractivity contribution in [1.29, 1.82) is 0 Å². The van der Waals surface area contributed by atoms with E-state index in [4.69, 9.17) is 4.74 Å². The maximum atomic E-state index is 12.7. The van der Waals surface area contributed by atoms with Crippen molar-refractivity contribution in [2.75, 3.05) is 13.2 Å². The van der Waals surface area contributed by atoms with Gasteiger partial charge in [-0.2, -0.15) is 0 Å². The molecule has 27 heavy (non-hydrogen) atoms. The molecule has 2 heterocycles. The number of thioether (sulfide) groups is 1. The van der Waals surface area contributed by atoms with E-state index >= 15 is 0 Å². The van der Waals surface area contributed by atoms with Crippen molar-refractivity contribution in [3.05, 3.63) is 59.9 Å². The molecular formula is C22H28N2O2S. The largest absolute Gasteiger partial charge is 0.381 e. The van der Waals surface area contributed by atoms with E-state index in [1.54, 1.807) is 6.20 Å². The fourth-order valence-electron chi connectivity index (χ4n) is 3.45. The average Bonchev–Trinajstić information content (AvgIpc) is 2.69. The summed E-state index contributed by atoms with van der Waals surface area (Å²) in [4.78, 5) is 18.2. The summed E-state index contributed by atoms with van der Waals surface area (Å²) in [5.41, 5.74) is 2.11. The summed E-state index contributed by atoms with van der Waals surface area (Å²) in [6, 6.07) is 12.3. The number of carbonyl (C=O) groups is 1. The SMILES string of the molecule is CC(C)Sc1ccc(CC(=O)N[C@H](c2cccnc2)C2CCOCC2)cc1. The van der Waals surface area contributed by atoms with Crippen LogP contribution in [0.3, 0.4) is 0 Å². The van der Waals surface area contributed by atoms with Crippen LogP contribution in [0.5, 0.6) is 0 Å². The Kier molecular flexibility index (Phi) is 7.30. The van der Waals surface area contributed by atoms with Gasteiger partial charge in [0, 0.05) is 35.8 Å². The number of aromatic nitrogens is 1. The summed E-state index contributed by atoms with van der Waals surface area (Å²) < 4.78 is 5.49. The van der Waals surface area contributed by atoms with Gasteiger partial charge in [-0.25, -0.2) is 0 Å². The van der Waals surface area contributed by atoms with Gasteiger partial charge in [0.15, 0.2) is 0 Å². The van der Waals surface area contributed by atoms with Gasteiger partial charge in [0.25, 0.3) is 0 Å². The summed E-state index contributed by atoms with van der Waals surface area (Å²) in [7, 11) is 0. The van der Waals surface area contributed by atoms with Crippen LogP contribution in [0.2, 0.25) is 0 Å². The lowest BCUT2D eigenvalue weighted by Gasteiger charge is -2.31. The molecule has 0 unspecified atom stereocenters. The Morgan fingerprint density at radius 2 is 1.96 bits per heavy atom. The number of carbonyl (C=O) groups excluding carboxylic acids is 1. The molecule has 144 valence electrons. The van der Waals surface area contributed by atoms with Crippen LogP contribution in [0, 0.1) is 5.92 Å². The summed E-state index contributed by atoms with van der Waals surface area (Å²) in [5.74, 6) is 0.441. The molecule has 1 N–H and O–H groups in total. The molecule has 1 aromatic heterocycles. The average molecular weight is 385 g/mol. The smallest absolute Gasteiger partial charge is 0.224 e. The van der Waals surface area contributed by atoms with E-state index < -0.39 is 0 Å². The summed E-state index contributed by atoms with van der Waals surface area (Å²) in [5, 5.41) is 3.81. The van der Waals surface area contributed by atoms with Gasteiger partial charge in [0.1, 0.15) is 0 Å². The number of rotatable bonds is 7. The van der Waals surface area contributed by atoms with Crippen molar-refractivity contribution >= 4 is 17.7 Å². The maximum absolute atomic E-state index is 12.7. The second-order valence-corrected chi connectivity index (χ2v) is 8.92. The van der Waals surface area contributed by atoms with Gasteiger partial charge < -0.3 is 10.1 Å². The third-order valence-electron chi connectivity index (χ3n) is 4.76. The first kappa shape index (κ1) is 19.9. The molecule has 3 rings (SSSR count). The molecule has 1 fully saturated rings. The molecule has 0 spiro atoms. The predicted octanol–water partition coefficient (Wildman–Crippen LogP) is 4.41. The Balaban J connectivity index is 1.65. The van der Waals surface area contributed by atoms with Gasteiger partial charge in [-0.05, 0) is 48.1 Å². The van der Waals surface area contributed by atoms with E-state index in [-0.39, 0.29) is 11.9 Å². The van der Waals surface area contributed by atoms with Crippen LogP contribution in [-0.4, -0.2) is 29.4 Å². The lowest BCUT2D eigenvalue weighted by atomic mass is 9.87. The Hall–Kier alpha value is -1.85. The standard InChI is InChI=1S/C22H28N2O2S/c1-16(2)27-20-7-5-17(6-8-20)14-21(25)24-22(18-9-12-26-13-10-18)19-4-3-11-23-15-19/h3-8,11,15-16,18,22H,9-10,12-14H2,1-2H3,(H,24,25)/t22-/m0/s1. The van der Waals surface area contributed by atoms with Crippen molar-refractivity contribution < 1.29 is 9.53 Å². The molecule has 5 heteroatoms. The molecule has 2 aromatic rings. The highest BCUT2D eigenvalue weighted by Gasteiger charge is 2.27. The van der Waals surface area contributed by atoms with Gasteiger partial charge >= 0.3 is 0 Å². The molecular weight excluding hydrogens is 356 g/mol. The summed E-state index contributed by atoms with van der Waals surface area (Å²) in [6.45, 7) is 5.88. The van der Waals surface area contributed by atoms with E-state index in [1.165, 1.54) is 4.90 Å². The highest BCUT2D eigenvalue weighted by atomic mass is 32.2. The highest BCUT2D eigenvalue weighted by Crippen LogP contribution is 2.30. The van der Waals surface area contributed by atoms with E-state index in [0.717, 1.165) is 37.2 Å².